The maximum atomic E-state index is 12.3. The number of nitrogens with one attached hydrogen (secondary N) is 2. The van der Waals surface area contributed by atoms with E-state index in [2.05, 4.69) is 36.5 Å². The minimum Gasteiger partial charge on any atom is -0.444 e. The minimum absolute atomic E-state index is 0.00457. The van der Waals surface area contributed by atoms with Gasteiger partial charge in [0.2, 0.25) is 11.7 Å². The van der Waals surface area contributed by atoms with Crippen molar-refractivity contribution in [2.75, 3.05) is 0 Å². The molecule has 2 amide bonds. The summed E-state index contributed by atoms with van der Waals surface area (Å²) in [4.78, 5) is 34.5. The van der Waals surface area contributed by atoms with Crippen LogP contribution in [0, 0.1) is 11.3 Å². The van der Waals surface area contributed by atoms with Gasteiger partial charge < -0.3 is 20.1 Å². The van der Waals surface area contributed by atoms with Gasteiger partial charge in [0.05, 0.1) is 11.0 Å². The number of alkyl carbamates (subject to hydrolysis) is 1. The fourth-order valence-electron chi connectivity index (χ4n) is 2.76. The lowest BCUT2D eigenvalue weighted by molar-refractivity contribution is 0.0508. The molecule has 0 unspecified atom stereocenters. The number of carbonyl (C=O) groups is 2. The molecular formula is C21H22BrN5O4S2. The predicted molar refractivity (Wildman–Crippen MR) is 130 cm³/mol. The lowest BCUT2D eigenvalue weighted by Crippen LogP contribution is -2.38. The van der Waals surface area contributed by atoms with Gasteiger partial charge in [-0.05, 0) is 55.1 Å². The minimum atomic E-state index is -0.682. The van der Waals surface area contributed by atoms with Crippen molar-refractivity contribution in [3.05, 3.63) is 37.6 Å². The number of rotatable bonds is 6. The van der Waals surface area contributed by atoms with E-state index in [0.717, 1.165) is 9.75 Å². The number of halogens is 1. The van der Waals surface area contributed by atoms with Gasteiger partial charge in [-0.1, -0.05) is 6.07 Å². The molecule has 0 saturated carbocycles. The van der Waals surface area contributed by atoms with Gasteiger partial charge in [0, 0.05) is 22.2 Å². The Balaban J connectivity index is 1.78. The molecule has 0 aliphatic rings. The van der Waals surface area contributed by atoms with Crippen molar-refractivity contribution in [2.45, 2.75) is 52.3 Å². The Labute approximate surface area is 207 Å². The number of nitrogens with zero attached hydrogens (tertiary/aromatic N) is 3. The lowest BCUT2D eigenvalue weighted by atomic mass is 10.2. The average Bonchev–Trinajstić information content (AvgIpc) is 3.34. The lowest BCUT2D eigenvalue weighted by Gasteiger charge is -2.21. The highest BCUT2D eigenvalue weighted by atomic mass is 79.9. The molecule has 33 heavy (non-hydrogen) atoms. The summed E-state index contributed by atoms with van der Waals surface area (Å²) >= 11 is 6.36. The van der Waals surface area contributed by atoms with Crippen LogP contribution >= 0.6 is 38.6 Å². The van der Waals surface area contributed by atoms with Crippen LogP contribution in [0.25, 0.3) is 10.2 Å². The summed E-state index contributed by atoms with van der Waals surface area (Å²) in [6.07, 6.45) is -0.726. The van der Waals surface area contributed by atoms with Crippen LogP contribution in [0.5, 0.6) is 5.88 Å². The van der Waals surface area contributed by atoms with E-state index < -0.39 is 17.8 Å². The number of carbonyl (C=O) groups excluding carboxylic acids is 2. The number of nitriles is 1. The van der Waals surface area contributed by atoms with E-state index >= 15 is 0 Å². The standard InChI is InChI=1S/C21H22BrN5O4S2/c1-11(25-20(29)31-21(2,3)4)8-13-15(22)16-17(33-13)18(27-14(9-23)26-16)30-19(28)24-10-12-6-5-7-32-12/h5-7,11H,8,10H2,1-4H3,(H,24,28)(H,25,29)/t11-/m0/s1. The molecular weight excluding hydrogens is 530 g/mol. The molecule has 1 atom stereocenters. The van der Waals surface area contributed by atoms with E-state index in [0.29, 0.717) is 27.7 Å². The zero-order chi connectivity index (χ0) is 24.2. The number of hydrogen-bond donors (Lipinski definition) is 2. The molecule has 3 aromatic heterocycles. The summed E-state index contributed by atoms with van der Waals surface area (Å²) in [5.74, 6) is -0.113. The fourth-order valence-corrected chi connectivity index (χ4v) is 5.41. The molecule has 12 heteroatoms. The summed E-state index contributed by atoms with van der Waals surface area (Å²) < 4.78 is 11.9. The van der Waals surface area contributed by atoms with Crippen LogP contribution in [-0.2, 0) is 17.7 Å². The molecule has 0 aliphatic carbocycles. The fraction of sp³-hybridized carbons (Fsp3) is 0.381. The molecule has 0 saturated heterocycles. The van der Waals surface area contributed by atoms with Crippen LogP contribution in [0.3, 0.4) is 0 Å². The number of amides is 2. The average molecular weight is 552 g/mol. The van der Waals surface area contributed by atoms with E-state index in [1.54, 1.807) is 20.8 Å². The van der Waals surface area contributed by atoms with Gasteiger partial charge in [-0.25, -0.2) is 14.6 Å². The molecule has 2 N–H and O–H groups in total. The maximum Gasteiger partial charge on any atom is 0.414 e. The van der Waals surface area contributed by atoms with Crippen molar-refractivity contribution in [3.63, 3.8) is 0 Å². The van der Waals surface area contributed by atoms with Crippen molar-refractivity contribution >= 4 is 61.0 Å². The van der Waals surface area contributed by atoms with Crippen molar-refractivity contribution in [1.29, 1.82) is 5.26 Å². The van der Waals surface area contributed by atoms with E-state index in [4.69, 9.17) is 9.47 Å². The van der Waals surface area contributed by atoms with Crippen LogP contribution in [0.15, 0.2) is 22.0 Å². The van der Waals surface area contributed by atoms with Crippen LogP contribution < -0.4 is 15.4 Å². The third-order valence-corrected chi connectivity index (χ3v) is 7.23. The zero-order valence-electron chi connectivity index (χ0n) is 18.4. The quantitative estimate of drug-likeness (QED) is 0.434. The van der Waals surface area contributed by atoms with Gasteiger partial charge in [0.15, 0.2) is 0 Å². The Hall–Kier alpha value is -2.75. The van der Waals surface area contributed by atoms with Crippen LogP contribution in [0.2, 0.25) is 0 Å². The normalized spacial score (nSPS) is 12.1. The van der Waals surface area contributed by atoms with Gasteiger partial charge in [-0.2, -0.15) is 10.2 Å². The Morgan fingerprint density at radius 3 is 2.70 bits per heavy atom. The SMILES string of the molecule is C[C@@H](Cc1sc2c(OC(=O)NCc3cccs3)nc(C#N)nc2c1Br)NC(=O)OC(C)(C)C. The molecule has 174 valence electrons. The summed E-state index contributed by atoms with van der Waals surface area (Å²) in [5, 5.41) is 16.7. The van der Waals surface area contributed by atoms with E-state index in [1.165, 1.54) is 22.7 Å². The molecule has 0 fully saturated rings. The Kier molecular flexibility index (Phi) is 7.88. The molecule has 3 aromatic rings. The number of ether oxygens (including phenoxy) is 2. The molecule has 0 radical (unpaired) electrons. The van der Waals surface area contributed by atoms with Crippen LogP contribution in [-0.4, -0.2) is 33.8 Å². The first-order chi connectivity index (χ1) is 15.6. The van der Waals surface area contributed by atoms with Gasteiger partial charge >= 0.3 is 12.2 Å². The molecule has 0 bridgehead atoms. The third kappa shape index (κ3) is 6.86. The van der Waals surface area contributed by atoms with Gasteiger partial charge in [0.1, 0.15) is 21.9 Å². The third-order valence-electron chi connectivity index (χ3n) is 4.04. The summed E-state index contributed by atoms with van der Waals surface area (Å²) in [7, 11) is 0. The second-order valence-electron chi connectivity index (χ2n) is 8.05. The number of aromatic nitrogens is 2. The molecule has 0 aliphatic heterocycles. The monoisotopic (exact) mass is 551 g/mol. The van der Waals surface area contributed by atoms with E-state index in [9.17, 15) is 14.9 Å². The van der Waals surface area contributed by atoms with Crippen molar-refractivity contribution < 1.29 is 19.1 Å². The van der Waals surface area contributed by atoms with Crippen molar-refractivity contribution in [2.24, 2.45) is 0 Å². The van der Waals surface area contributed by atoms with E-state index in [-0.39, 0.29) is 17.7 Å². The summed E-state index contributed by atoms with van der Waals surface area (Å²) in [6, 6.07) is 5.44. The highest BCUT2D eigenvalue weighted by molar-refractivity contribution is 9.10. The topological polar surface area (TPSA) is 126 Å². The second kappa shape index (κ2) is 10.5. The highest BCUT2D eigenvalue weighted by Crippen LogP contribution is 2.39. The maximum absolute atomic E-state index is 12.3. The smallest absolute Gasteiger partial charge is 0.414 e. The Morgan fingerprint density at radius 2 is 2.06 bits per heavy atom. The van der Waals surface area contributed by atoms with Gasteiger partial charge in [-0.15, -0.1) is 22.7 Å². The first-order valence-corrected chi connectivity index (χ1v) is 12.4. The van der Waals surface area contributed by atoms with Crippen molar-refractivity contribution in [3.8, 4) is 11.9 Å². The van der Waals surface area contributed by atoms with Crippen LogP contribution in [0.4, 0.5) is 9.59 Å². The molecule has 3 heterocycles. The largest absolute Gasteiger partial charge is 0.444 e. The first-order valence-electron chi connectivity index (χ1n) is 9.92. The first kappa shape index (κ1) is 24.9. The summed E-state index contributed by atoms with van der Waals surface area (Å²) in [5.41, 5.74) is -0.131. The predicted octanol–water partition coefficient (Wildman–Crippen LogP) is 5.13. The second-order valence-corrected chi connectivity index (χ2v) is 11.0. The van der Waals surface area contributed by atoms with Gasteiger partial charge in [-0.3, -0.25) is 0 Å². The molecule has 9 nitrogen and oxygen atoms in total. The Morgan fingerprint density at radius 1 is 1.30 bits per heavy atom. The number of fused-ring (bicyclic) bond motifs is 1. The zero-order valence-corrected chi connectivity index (χ0v) is 21.6. The van der Waals surface area contributed by atoms with Gasteiger partial charge in [0.25, 0.3) is 0 Å². The van der Waals surface area contributed by atoms with E-state index in [1.807, 2.05) is 30.5 Å². The highest BCUT2D eigenvalue weighted by Gasteiger charge is 2.23. The number of thiophene rings is 2. The number of hydrogen-bond acceptors (Lipinski definition) is 9. The van der Waals surface area contributed by atoms with Crippen molar-refractivity contribution in [1.82, 2.24) is 20.6 Å². The molecule has 0 spiro atoms. The Bertz CT molecular complexity index is 1200. The summed E-state index contributed by atoms with van der Waals surface area (Å²) in [6.45, 7) is 7.56. The molecule has 0 aromatic carbocycles. The molecule has 3 rings (SSSR count). The van der Waals surface area contributed by atoms with Crippen LogP contribution in [0.1, 0.15) is 43.3 Å².